The van der Waals surface area contributed by atoms with Crippen LogP contribution in [0.5, 0.6) is 0 Å². The second kappa shape index (κ2) is 9.26. The zero-order valence-corrected chi connectivity index (χ0v) is 17.1. The lowest BCUT2D eigenvalue weighted by atomic mass is 9.95. The Bertz CT molecular complexity index is 1330. The summed E-state index contributed by atoms with van der Waals surface area (Å²) < 4.78 is 0. The van der Waals surface area contributed by atoms with Gasteiger partial charge in [-0.1, -0.05) is 60.7 Å². The van der Waals surface area contributed by atoms with Gasteiger partial charge in [-0.25, -0.2) is 5.10 Å². The number of fused-ring (bicyclic) bond motifs is 1. The molecule has 0 aliphatic carbocycles. The van der Waals surface area contributed by atoms with Crippen molar-refractivity contribution in [3.8, 4) is 0 Å². The smallest absolute Gasteiger partial charge is 0.311 e. The monoisotopic (exact) mass is 427 g/mol. The molecule has 0 radical (unpaired) electrons. The van der Waals surface area contributed by atoms with Crippen molar-refractivity contribution in [1.29, 1.82) is 0 Å². The standard InChI is InChI=1S/C25H21N3O4/c29-23(15-21(25(31)32)17-8-2-1-3-9-17)26-18-10-6-7-16(13-18)14-22-19-11-4-5-12-20(19)24(30)28-27-22/h1-13,21H,14-15H2,(H,26,29)(H,28,30)(H,31,32). The fraction of sp³-hybridized carbons (Fsp3) is 0.120. The van der Waals surface area contributed by atoms with Gasteiger partial charge in [0.1, 0.15) is 0 Å². The Hall–Kier alpha value is -4.26. The van der Waals surface area contributed by atoms with Gasteiger partial charge in [-0.3, -0.25) is 14.4 Å². The molecule has 1 aromatic heterocycles. The molecule has 1 unspecified atom stereocenters. The Balaban J connectivity index is 1.50. The van der Waals surface area contributed by atoms with Crippen LogP contribution in [-0.2, 0) is 16.0 Å². The van der Waals surface area contributed by atoms with Gasteiger partial charge in [-0.15, -0.1) is 0 Å². The van der Waals surface area contributed by atoms with E-state index in [1.165, 1.54) is 0 Å². The maximum atomic E-state index is 12.6. The first-order valence-electron chi connectivity index (χ1n) is 10.1. The molecule has 1 heterocycles. The highest BCUT2D eigenvalue weighted by Gasteiger charge is 2.23. The van der Waals surface area contributed by atoms with Crippen LogP contribution in [0.1, 0.15) is 29.2 Å². The predicted octanol–water partition coefficient (Wildman–Crippen LogP) is 3.71. The number of nitrogens with zero attached hydrogens (tertiary/aromatic N) is 1. The van der Waals surface area contributed by atoms with Crippen LogP contribution >= 0.6 is 0 Å². The minimum atomic E-state index is -1.05. The van der Waals surface area contributed by atoms with Crippen LogP contribution in [0.4, 0.5) is 5.69 Å². The number of hydrogen-bond acceptors (Lipinski definition) is 4. The number of hydrogen-bond donors (Lipinski definition) is 3. The fourth-order valence-electron chi connectivity index (χ4n) is 3.69. The molecule has 32 heavy (non-hydrogen) atoms. The van der Waals surface area contributed by atoms with E-state index in [-0.39, 0.29) is 17.9 Å². The summed E-state index contributed by atoms with van der Waals surface area (Å²) in [6.07, 6.45) is 0.290. The second-order valence-corrected chi connectivity index (χ2v) is 7.48. The molecule has 0 saturated carbocycles. The molecule has 0 bridgehead atoms. The van der Waals surface area contributed by atoms with E-state index < -0.39 is 11.9 Å². The number of carbonyl (C=O) groups excluding carboxylic acids is 1. The van der Waals surface area contributed by atoms with Crippen LogP contribution < -0.4 is 10.9 Å². The number of benzene rings is 3. The van der Waals surface area contributed by atoms with Crippen molar-refractivity contribution in [2.75, 3.05) is 5.32 Å². The highest BCUT2D eigenvalue weighted by Crippen LogP contribution is 2.22. The van der Waals surface area contributed by atoms with E-state index in [2.05, 4.69) is 15.5 Å². The van der Waals surface area contributed by atoms with Crippen molar-refractivity contribution in [3.05, 3.63) is 106 Å². The van der Waals surface area contributed by atoms with Gasteiger partial charge in [-0.2, -0.15) is 5.10 Å². The third-order valence-electron chi connectivity index (χ3n) is 5.25. The second-order valence-electron chi connectivity index (χ2n) is 7.48. The molecule has 3 aromatic carbocycles. The summed E-state index contributed by atoms with van der Waals surface area (Å²) in [6, 6.07) is 23.3. The summed E-state index contributed by atoms with van der Waals surface area (Å²) in [5, 5.41) is 20.4. The van der Waals surface area contributed by atoms with Gasteiger partial charge in [0.2, 0.25) is 5.91 Å². The van der Waals surface area contributed by atoms with E-state index in [1.54, 1.807) is 48.5 Å². The number of carboxylic acid groups (broad SMARTS) is 1. The topological polar surface area (TPSA) is 112 Å². The maximum absolute atomic E-state index is 12.6. The molecule has 1 amide bonds. The maximum Gasteiger partial charge on any atom is 0.311 e. The van der Waals surface area contributed by atoms with Crippen LogP contribution in [0, 0.1) is 0 Å². The van der Waals surface area contributed by atoms with Crippen LogP contribution in [0.2, 0.25) is 0 Å². The Morgan fingerprint density at radius 1 is 0.938 bits per heavy atom. The Labute approximate surface area is 183 Å². The molecule has 160 valence electrons. The number of aromatic nitrogens is 2. The Morgan fingerprint density at radius 3 is 2.41 bits per heavy atom. The molecule has 7 nitrogen and oxygen atoms in total. The van der Waals surface area contributed by atoms with E-state index in [0.29, 0.717) is 23.1 Å². The van der Waals surface area contributed by atoms with Crippen molar-refractivity contribution in [1.82, 2.24) is 10.2 Å². The number of amides is 1. The summed E-state index contributed by atoms with van der Waals surface area (Å²) in [6.45, 7) is 0. The van der Waals surface area contributed by atoms with Gasteiger partial charge in [-0.05, 0) is 29.3 Å². The molecule has 4 rings (SSSR count). The number of H-pyrrole nitrogens is 1. The highest BCUT2D eigenvalue weighted by atomic mass is 16.4. The highest BCUT2D eigenvalue weighted by molar-refractivity contribution is 5.94. The fourth-order valence-corrected chi connectivity index (χ4v) is 3.69. The van der Waals surface area contributed by atoms with Crippen molar-refractivity contribution >= 4 is 28.3 Å². The number of carboxylic acids is 1. The Kier molecular flexibility index (Phi) is 6.07. The summed E-state index contributed by atoms with van der Waals surface area (Å²) in [5.41, 5.74) is 2.53. The van der Waals surface area contributed by atoms with Crippen LogP contribution in [0.25, 0.3) is 10.8 Å². The van der Waals surface area contributed by atoms with Crippen molar-refractivity contribution in [3.63, 3.8) is 0 Å². The number of rotatable bonds is 7. The molecule has 0 aliphatic rings. The molecule has 0 saturated heterocycles. The number of nitrogens with one attached hydrogen (secondary N) is 2. The zero-order chi connectivity index (χ0) is 22.5. The number of carbonyl (C=O) groups is 2. The summed E-state index contributed by atoms with van der Waals surface area (Å²) in [7, 11) is 0. The van der Waals surface area contributed by atoms with Gasteiger partial charge < -0.3 is 10.4 Å². The average molecular weight is 427 g/mol. The van der Waals surface area contributed by atoms with Gasteiger partial charge >= 0.3 is 5.97 Å². The first kappa shape index (κ1) is 21.0. The van der Waals surface area contributed by atoms with Crippen LogP contribution in [0.3, 0.4) is 0 Å². The lowest BCUT2D eigenvalue weighted by molar-refractivity contribution is -0.140. The largest absolute Gasteiger partial charge is 0.481 e. The molecular weight excluding hydrogens is 406 g/mol. The van der Waals surface area contributed by atoms with Crippen LogP contribution in [-0.4, -0.2) is 27.2 Å². The molecule has 1 atom stereocenters. The third-order valence-corrected chi connectivity index (χ3v) is 5.25. The van der Waals surface area contributed by atoms with Crippen molar-refractivity contribution in [2.24, 2.45) is 0 Å². The van der Waals surface area contributed by atoms with E-state index >= 15 is 0 Å². The van der Waals surface area contributed by atoms with E-state index in [1.807, 2.05) is 30.3 Å². The van der Waals surface area contributed by atoms with Crippen LogP contribution in [0.15, 0.2) is 83.7 Å². The third kappa shape index (κ3) is 4.73. The number of aliphatic carboxylic acids is 1. The molecule has 3 N–H and O–H groups in total. The SMILES string of the molecule is O=C(CC(C(=O)O)c1ccccc1)Nc1cccc(Cc2n[nH]c(=O)c3ccccc23)c1. The quantitative estimate of drug-likeness (QED) is 0.416. The average Bonchev–Trinajstić information content (AvgIpc) is 2.80. The zero-order valence-electron chi connectivity index (χ0n) is 17.1. The molecule has 7 heteroatoms. The molecule has 4 aromatic rings. The minimum absolute atomic E-state index is 0.171. The molecule has 0 spiro atoms. The van der Waals surface area contributed by atoms with Gasteiger partial charge in [0.05, 0.1) is 17.0 Å². The van der Waals surface area contributed by atoms with E-state index in [9.17, 15) is 19.5 Å². The van der Waals surface area contributed by atoms with Crippen molar-refractivity contribution < 1.29 is 14.7 Å². The summed E-state index contributed by atoms with van der Waals surface area (Å²) >= 11 is 0. The minimum Gasteiger partial charge on any atom is -0.481 e. The number of aromatic amines is 1. The van der Waals surface area contributed by atoms with E-state index in [0.717, 1.165) is 16.6 Å². The first-order valence-corrected chi connectivity index (χ1v) is 10.1. The van der Waals surface area contributed by atoms with Gasteiger partial charge in [0.15, 0.2) is 0 Å². The molecule has 0 fully saturated rings. The first-order chi connectivity index (χ1) is 15.5. The lowest BCUT2D eigenvalue weighted by Gasteiger charge is -2.13. The normalized spacial score (nSPS) is 11.8. The number of anilines is 1. The Morgan fingerprint density at radius 2 is 1.66 bits per heavy atom. The van der Waals surface area contributed by atoms with Gasteiger partial charge in [0.25, 0.3) is 5.56 Å². The summed E-state index contributed by atoms with van der Waals surface area (Å²) in [5.74, 6) is -2.35. The molecular formula is C25H21N3O4. The van der Waals surface area contributed by atoms with E-state index in [4.69, 9.17) is 0 Å². The van der Waals surface area contributed by atoms with Gasteiger partial charge in [0, 0.05) is 23.9 Å². The lowest BCUT2D eigenvalue weighted by Crippen LogP contribution is -2.21. The summed E-state index contributed by atoms with van der Waals surface area (Å²) in [4.78, 5) is 36.2. The van der Waals surface area contributed by atoms with Crippen molar-refractivity contribution in [2.45, 2.75) is 18.8 Å². The predicted molar refractivity (Wildman–Crippen MR) is 122 cm³/mol. The molecule has 0 aliphatic heterocycles.